The molecule has 234 valence electrons. The molecule has 0 atom stereocenters. The minimum atomic E-state index is -0.205. The van der Waals surface area contributed by atoms with Crippen molar-refractivity contribution < 1.29 is 4.42 Å². The number of furan rings is 1. The molecule has 2 heterocycles. The summed E-state index contributed by atoms with van der Waals surface area (Å²) < 4.78 is 6.61. The lowest BCUT2D eigenvalue weighted by Crippen LogP contribution is -2.15. The van der Waals surface area contributed by atoms with Gasteiger partial charge >= 0.3 is 0 Å². The van der Waals surface area contributed by atoms with Gasteiger partial charge in [0.2, 0.25) is 0 Å². The highest BCUT2D eigenvalue weighted by molar-refractivity contribution is 6.23. The molecule has 0 amide bonds. The van der Waals surface area contributed by atoms with Gasteiger partial charge in [-0.15, -0.1) is 0 Å². The monoisotopic (exact) mass is 638 g/mol. The molecule has 0 N–H and O–H groups in total. The van der Waals surface area contributed by atoms with Crippen LogP contribution in [0.5, 0.6) is 0 Å². The molecule has 0 unspecified atom stereocenters. The van der Waals surface area contributed by atoms with Crippen molar-refractivity contribution >= 4 is 65.3 Å². The summed E-state index contributed by atoms with van der Waals surface area (Å²) in [6, 6.07) is 50.2. The van der Waals surface area contributed by atoms with E-state index in [1.54, 1.807) is 0 Å². The van der Waals surface area contributed by atoms with Crippen LogP contribution in [0.3, 0.4) is 0 Å². The lowest BCUT2D eigenvalue weighted by molar-refractivity contribution is 0.660. The molecular weight excluding hydrogens is 609 g/mol. The Balaban J connectivity index is 1.03. The summed E-state index contributed by atoms with van der Waals surface area (Å²) in [7, 11) is 0. The lowest BCUT2D eigenvalue weighted by atomic mass is 9.81. The second kappa shape index (κ2) is 9.87. The van der Waals surface area contributed by atoms with Crippen LogP contribution in [0.4, 0.5) is 0 Å². The molecule has 0 saturated heterocycles. The first kappa shape index (κ1) is 27.6. The predicted octanol–water partition coefficient (Wildman–Crippen LogP) is 12.6. The Hall–Kier alpha value is -6.32. The molecule has 0 fully saturated rings. The number of nitrogens with zero attached hydrogens (tertiary/aromatic N) is 2. The Morgan fingerprint density at radius 1 is 0.480 bits per heavy atom. The molecule has 0 bridgehead atoms. The minimum absolute atomic E-state index is 0.205. The van der Waals surface area contributed by atoms with Crippen LogP contribution < -0.4 is 0 Å². The molecule has 0 aliphatic heterocycles. The molecule has 1 aliphatic rings. The number of para-hydroxylation sites is 1. The molecular formula is C47H30N2O. The molecule has 50 heavy (non-hydrogen) atoms. The van der Waals surface area contributed by atoms with Gasteiger partial charge in [0.25, 0.3) is 0 Å². The van der Waals surface area contributed by atoms with E-state index in [4.69, 9.17) is 14.4 Å². The molecule has 8 aromatic carbocycles. The van der Waals surface area contributed by atoms with E-state index in [9.17, 15) is 0 Å². The standard InChI is InChI=1S/C47H30N2O/c1-47(2)40-23-29(31-16-9-17-38-39-22-27-10-3-4-11-28(27)25-43(39)50-46(31)38)18-20-34(40)35-21-19-30(24-41(35)47)42-26-48-44-36-14-7-5-12-32(36)33-13-6-8-15-37(33)45(44)49-42/h3-26H,1-2H3. The second-order valence-corrected chi connectivity index (χ2v) is 14.2. The number of benzene rings is 8. The van der Waals surface area contributed by atoms with Crippen molar-refractivity contribution in [1.29, 1.82) is 0 Å². The molecule has 1 aliphatic carbocycles. The van der Waals surface area contributed by atoms with Crippen LogP contribution in [0.25, 0.3) is 98.8 Å². The minimum Gasteiger partial charge on any atom is -0.455 e. The zero-order valence-corrected chi connectivity index (χ0v) is 27.7. The first-order chi connectivity index (χ1) is 24.5. The number of rotatable bonds is 2. The van der Waals surface area contributed by atoms with Crippen molar-refractivity contribution in [3.05, 3.63) is 157 Å². The zero-order chi connectivity index (χ0) is 33.1. The molecule has 3 nitrogen and oxygen atoms in total. The first-order valence-electron chi connectivity index (χ1n) is 17.2. The molecule has 0 radical (unpaired) electrons. The highest BCUT2D eigenvalue weighted by Crippen LogP contribution is 2.51. The van der Waals surface area contributed by atoms with Gasteiger partial charge in [-0.05, 0) is 73.6 Å². The normalized spacial score (nSPS) is 13.6. The Bertz CT molecular complexity index is 3040. The van der Waals surface area contributed by atoms with Gasteiger partial charge in [-0.25, -0.2) is 4.98 Å². The van der Waals surface area contributed by atoms with Crippen molar-refractivity contribution in [2.45, 2.75) is 19.3 Å². The van der Waals surface area contributed by atoms with Gasteiger partial charge in [0.15, 0.2) is 0 Å². The third-order valence-corrected chi connectivity index (χ3v) is 11.1. The highest BCUT2D eigenvalue weighted by Gasteiger charge is 2.36. The highest BCUT2D eigenvalue weighted by atomic mass is 16.3. The fourth-order valence-corrected chi connectivity index (χ4v) is 8.54. The number of hydrogen-bond donors (Lipinski definition) is 0. The third-order valence-electron chi connectivity index (χ3n) is 11.1. The van der Waals surface area contributed by atoms with Crippen LogP contribution >= 0.6 is 0 Å². The van der Waals surface area contributed by atoms with Crippen LogP contribution in [-0.2, 0) is 5.41 Å². The zero-order valence-electron chi connectivity index (χ0n) is 27.7. The smallest absolute Gasteiger partial charge is 0.143 e. The molecule has 2 aromatic heterocycles. The molecule has 3 heteroatoms. The fraction of sp³-hybridized carbons (Fsp3) is 0.0638. The SMILES string of the molecule is CC1(C)c2cc(-c3cnc4c5ccccc5c5ccccc5c4n3)ccc2-c2ccc(-c3cccc4c3oc3cc5ccccc5cc34)cc21. The topological polar surface area (TPSA) is 38.9 Å². The lowest BCUT2D eigenvalue weighted by Gasteiger charge is -2.22. The quantitative estimate of drug-likeness (QED) is 0.177. The fourth-order valence-electron chi connectivity index (χ4n) is 8.54. The van der Waals surface area contributed by atoms with Gasteiger partial charge in [0.05, 0.1) is 22.9 Å². The Kier molecular flexibility index (Phi) is 5.45. The van der Waals surface area contributed by atoms with Crippen molar-refractivity contribution in [2.24, 2.45) is 0 Å². The summed E-state index contributed by atoms with van der Waals surface area (Å²) in [6.07, 6.45) is 1.94. The largest absolute Gasteiger partial charge is 0.455 e. The van der Waals surface area contributed by atoms with E-state index in [-0.39, 0.29) is 5.41 Å². The molecule has 0 spiro atoms. The maximum Gasteiger partial charge on any atom is 0.143 e. The average molecular weight is 639 g/mol. The molecule has 0 saturated carbocycles. The van der Waals surface area contributed by atoms with Crippen LogP contribution in [0, 0.1) is 0 Å². The van der Waals surface area contributed by atoms with Gasteiger partial charge in [-0.2, -0.15) is 0 Å². The number of hydrogen-bond acceptors (Lipinski definition) is 3. The molecule has 10 aromatic rings. The van der Waals surface area contributed by atoms with E-state index in [1.165, 1.54) is 49.4 Å². The average Bonchev–Trinajstić information content (AvgIpc) is 3.64. The van der Waals surface area contributed by atoms with E-state index >= 15 is 0 Å². The van der Waals surface area contributed by atoms with E-state index < -0.39 is 0 Å². The Morgan fingerprint density at radius 2 is 1.08 bits per heavy atom. The first-order valence-corrected chi connectivity index (χ1v) is 17.2. The van der Waals surface area contributed by atoms with Crippen LogP contribution in [-0.4, -0.2) is 9.97 Å². The predicted molar refractivity (Wildman–Crippen MR) is 208 cm³/mol. The van der Waals surface area contributed by atoms with E-state index in [2.05, 4.69) is 153 Å². The summed E-state index contributed by atoms with van der Waals surface area (Å²) in [5, 5.41) is 9.38. The third kappa shape index (κ3) is 3.75. The maximum absolute atomic E-state index is 6.61. The molecule has 11 rings (SSSR count). The Labute approximate surface area is 288 Å². The summed E-state index contributed by atoms with van der Waals surface area (Å²) in [6.45, 7) is 4.68. The van der Waals surface area contributed by atoms with Gasteiger partial charge in [-0.1, -0.05) is 129 Å². The van der Waals surface area contributed by atoms with Gasteiger partial charge in [0, 0.05) is 38.1 Å². The van der Waals surface area contributed by atoms with Crippen LogP contribution in [0.1, 0.15) is 25.0 Å². The van der Waals surface area contributed by atoms with Gasteiger partial charge in [0.1, 0.15) is 11.2 Å². The van der Waals surface area contributed by atoms with Gasteiger partial charge < -0.3 is 4.42 Å². The van der Waals surface area contributed by atoms with Crippen LogP contribution in [0.15, 0.2) is 150 Å². The van der Waals surface area contributed by atoms with Gasteiger partial charge in [-0.3, -0.25) is 4.98 Å². The summed E-state index contributed by atoms with van der Waals surface area (Å²) in [4.78, 5) is 10.3. The van der Waals surface area contributed by atoms with E-state index in [1.807, 2.05) is 6.20 Å². The van der Waals surface area contributed by atoms with Crippen molar-refractivity contribution in [3.63, 3.8) is 0 Å². The van der Waals surface area contributed by atoms with E-state index in [0.717, 1.165) is 60.6 Å². The van der Waals surface area contributed by atoms with Crippen molar-refractivity contribution in [1.82, 2.24) is 9.97 Å². The summed E-state index contributed by atoms with van der Waals surface area (Å²) >= 11 is 0. The summed E-state index contributed by atoms with van der Waals surface area (Å²) in [5.74, 6) is 0. The maximum atomic E-state index is 6.61. The number of aromatic nitrogens is 2. The van der Waals surface area contributed by atoms with Crippen LogP contribution in [0.2, 0.25) is 0 Å². The second-order valence-electron chi connectivity index (χ2n) is 14.2. The number of fused-ring (bicyclic) bond motifs is 13. The van der Waals surface area contributed by atoms with E-state index in [0.29, 0.717) is 0 Å². The van der Waals surface area contributed by atoms with Crippen molar-refractivity contribution in [2.75, 3.05) is 0 Å². The Morgan fingerprint density at radius 3 is 1.82 bits per heavy atom. The van der Waals surface area contributed by atoms with Crippen molar-refractivity contribution in [3.8, 4) is 33.5 Å². The summed E-state index contributed by atoms with van der Waals surface area (Å²) in [5.41, 5.74) is 13.0.